The molecule has 0 amide bonds. The van der Waals surface area contributed by atoms with E-state index in [9.17, 15) is 0 Å². The van der Waals surface area contributed by atoms with Crippen molar-refractivity contribution < 1.29 is 0 Å². The first-order chi connectivity index (χ1) is 4.52. The maximum atomic E-state index is 6.38. The van der Waals surface area contributed by atoms with Gasteiger partial charge in [0.15, 0.2) is 0 Å². The van der Waals surface area contributed by atoms with E-state index in [-0.39, 0.29) is 5.54 Å². The number of hydrogen-bond donors (Lipinski definition) is 1. The summed E-state index contributed by atoms with van der Waals surface area (Å²) in [6.45, 7) is 10.5. The Morgan fingerprint density at radius 2 is 1.64 bits per heavy atom. The topological polar surface area (TPSA) is 12.0 Å². The van der Waals surface area contributed by atoms with Crippen LogP contribution in [0.1, 0.15) is 13.8 Å². The minimum absolute atomic E-state index is 0.0701. The van der Waals surface area contributed by atoms with Gasteiger partial charge in [-0.25, -0.2) is 0 Å². The van der Waals surface area contributed by atoms with Gasteiger partial charge in [0.1, 0.15) is 0 Å². The van der Waals surface area contributed by atoms with Crippen molar-refractivity contribution in [2.75, 3.05) is 26.2 Å². The van der Waals surface area contributed by atoms with Crippen LogP contribution < -0.4 is 4.84 Å². The Morgan fingerprint density at radius 3 is 1.73 bits per heavy atom. The number of rotatable bonds is 3. The second kappa shape index (κ2) is 3.03. The van der Waals surface area contributed by atoms with E-state index in [1.807, 2.05) is 0 Å². The Kier molecular flexibility index (Phi) is 3.30. The van der Waals surface area contributed by atoms with Gasteiger partial charge in [-0.3, -0.25) is 0 Å². The third-order valence-electron chi connectivity index (χ3n) is 1.19. The van der Waals surface area contributed by atoms with Crippen molar-refractivity contribution >= 4 is 29.0 Å². The molecule has 0 heterocycles. The van der Waals surface area contributed by atoms with Crippen LogP contribution in [0.2, 0.25) is 0 Å². The molecule has 0 rings (SSSR count). The van der Waals surface area contributed by atoms with Gasteiger partial charge < -0.3 is 0 Å². The fourth-order valence-corrected chi connectivity index (χ4v) is 5.17. The molecule has 0 aromatic rings. The molecule has 0 fully saturated rings. The third-order valence-corrected chi connectivity index (χ3v) is 3.91. The molecular formula is C7H18Cl2NP. The van der Waals surface area contributed by atoms with E-state index in [0.29, 0.717) is 0 Å². The van der Waals surface area contributed by atoms with Gasteiger partial charge in [0.05, 0.1) is 0 Å². The van der Waals surface area contributed by atoms with E-state index >= 15 is 0 Å². The summed E-state index contributed by atoms with van der Waals surface area (Å²) in [6.07, 6.45) is 0.934. The Bertz CT molecular complexity index is 139. The number of halogens is 2. The molecule has 70 valence electrons. The molecule has 0 bridgehead atoms. The van der Waals surface area contributed by atoms with Crippen molar-refractivity contribution in [3.05, 3.63) is 0 Å². The second-order valence-electron chi connectivity index (χ2n) is 5.05. The fourth-order valence-electron chi connectivity index (χ4n) is 1.37. The van der Waals surface area contributed by atoms with E-state index in [2.05, 4.69) is 38.7 Å². The molecule has 0 saturated carbocycles. The zero-order valence-electron chi connectivity index (χ0n) is 7.91. The molecule has 0 aliphatic heterocycles. The van der Waals surface area contributed by atoms with Crippen LogP contribution in [0, 0.1) is 0 Å². The maximum absolute atomic E-state index is 6.38. The molecule has 11 heavy (non-hydrogen) atoms. The molecule has 0 spiro atoms. The summed E-state index contributed by atoms with van der Waals surface area (Å²) >= 11 is 12.0. The Hall–Kier alpha value is 0.970. The Balaban J connectivity index is 4.27. The van der Waals surface area contributed by atoms with E-state index < -0.39 is 5.96 Å². The van der Waals surface area contributed by atoms with Gasteiger partial charge in [0, 0.05) is 0 Å². The van der Waals surface area contributed by atoms with E-state index in [1.165, 1.54) is 0 Å². The molecule has 4 heteroatoms. The molecule has 0 unspecified atom stereocenters. The standard InChI is InChI=1S/C7H18Cl2NP/c1-7(2,10-8)6-11(3,4,5)9/h10H,6H2,1-5H3. The normalized spacial score (nSPS) is 17.5. The van der Waals surface area contributed by atoms with Crippen LogP contribution in [0.4, 0.5) is 0 Å². The monoisotopic (exact) mass is 217 g/mol. The molecule has 1 nitrogen and oxygen atoms in total. The summed E-state index contributed by atoms with van der Waals surface area (Å²) in [6, 6.07) is 0. The molecular weight excluding hydrogens is 200 g/mol. The minimum atomic E-state index is -1.94. The van der Waals surface area contributed by atoms with E-state index in [4.69, 9.17) is 23.0 Å². The average molecular weight is 218 g/mol. The summed E-state index contributed by atoms with van der Waals surface area (Å²) < 4.78 is 0. The van der Waals surface area contributed by atoms with Gasteiger partial charge >= 0.3 is 79.4 Å². The quantitative estimate of drug-likeness (QED) is 0.566. The molecule has 0 radical (unpaired) electrons. The zero-order chi connectivity index (χ0) is 9.36. The van der Waals surface area contributed by atoms with Gasteiger partial charge in [-0.1, -0.05) is 0 Å². The van der Waals surface area contributed by atoms with Crippen LogP contribution in [0.5, 0.6) is 0 Å². The van der Waals surface area contributed by atoms with Gasteiger partial charge in [0.25, 0.3) is 0 Å². The summed E-state index contributed by atoms with van der Waals surface area (Å²) in [5.41, 5.74) is -0.0701. The molecule has 0 aromatic heterocycles. The number of hydrogen-bond acceptors (Lipinski definition) is 1. The van der Waals surface area contributed by atoms with E-state index in [1.54, 1.807) is 0 Å². The van der Waals surface area contributed by atoms with Gasteiger partial charge in [-0.2, -0.15) is 0 Å². The Labute approximate surface area is 79.7 Å². The molecule has 0 saturated heterocycles. The van der Waals surface area contributed by atoms with Gasteiger partial charge in [0.2, 0.25) is 0 Å². The van der Waals surface area contributed by atoms with Crippen molar-refractivity contribution in [2.24, 2.45) is 0 Å². The molecule has 0 aromatic carbocycles. The summed E-state index contributed by atoms with van der Waals surface area (Å²) in [4.78, 5) is 2.74. The third kappa shape index (κ3) is 7.33. The number of nitrogens with one attached hydrogen (secondary N) is 1. The van der Waals surface area contributed by atoms with Crippen molar-refractivity contribution in [3.63, 3.8) is 0 Å². The summed E-state index contributed by atoms with van der Waals surface area (Å²) in [7, 11) is 0. The average Bonchev–Trinajstić information content (AvgIpc) is 1.57. The zero-order valence-corrected chi connectivity index (χ0v) is 10.3. The van der Waals surface area contributed by atoms with Crippen molar-refractivity contribution in [1.82, 2.24) is 4.84 Å². The van der Waals surface area contributed by atoms with Gasteiger partial charge in [-0.05, 0) is 0 Å². The molecule has 0 aliphatic rings. The predicted molar refractivity (Wildman–Crippen MR) is 58.5 cm³/mol. The Morgan fingerprint density at radius 1 is 1.27 bits per heavy atom. The van der Waals surface area contributed by atoms with Crippen LogP contribution in [0.3, 0.4) is 0 Å². The van der Waals surface area contributed by atoms with E-state index in [0.717, 1.165) is 6.16 Å². The SMILES string of the molecule is CC(C)(CP(C)(C)(C)Cl)NCl. The predicted octanol–water partition coefficient (Wildman–Crippen LogP) is 3.10. The van der Waals surface area contributed by atoms with Crippen molar-refractivity contribution in [1.29, 1.82) is 0 Å². The van der Waals surface area contributed by atoms with Crippen LogP contribution in [-0.2, 0) is 0 Å². The molecule has 1 N–H and O–H groups in total. The van der Waals surface area contributed by atoms with Crippen LogP contribution >= 0.6 is 29.0 Å². The van der Waals surface area contributed by atoms with Crippen molar-refractivity contribution in [3.8, 4) is 0 Å². The second-order valence-corrected chi connectivity index (χ2v) is 15.2. The molecule has 0 aliphatic carbocycles. The summed E-state index contributed by atoms with van der Waals surface area (Å²) in [5.74, 6) is -1.94. The fraction of sp³-hybridized carbons (Fsp3) is 1.00. The summed E-state index contributed by atoms with van der Waals surface area (Å²) in [5, 5.41) is 0. The first-order valence-electron chi connectivity index (χ1n) is 3.62. The van der Waals surface area contributed by atoms with Crippen LogP contribution in [0.25, 0.3) is 0 Å². The first-order valence-corrected chi connectivity index (χ1v) is 8.67. The van der Waals surface area contributed by atoms with Crippen molar-refractivity contribution in [2.45, 2.75) is 19.4 Å². The van der Waals surface area contributed by atoms with Crippen LogP contribution in [-0.4, -0.2) is 31.7 Å². The van der Waals surface area contributed by atoms with Crippen LogP contribution in [0.15, 0.2) is 0 Å². The first kappa shape index (κ1) is 12.0. The molecule has 0 atom stereocenters. The van der Waals surface area contributed by atoms with Gasteiger partial charge in [-0.15, -0.1) is 0 Å².